The summed E-state index contributed by atoms with van der Waals surface area (Å²) in [5.41, 5.74) is 8.55. The smallest absolute Gasteiger partial charge is 0.117 e. The summed E-state index contributed by atoms with van der Waals surface area (Å²) < 4.78 is 3.01. The number of hydrogen-bond donors (Lipinski definition) is 1. The maximum atomic E-state index is 6.32. The van der Waals surface area contributed by atoms with Gasteiger partial charge >= 0.3 is 0 Å². The Morgan fingerprint density at radius 1 is 1.19 bits per heavy atom. The van der Waals surface area contributed by atoms with Gasteiger partial charge in [-0.15, -0.1) is 0 Å². The SMILES string of the molecule is Nc1cn(C2CCCCCC2)nc1-c1ccc(Br)cc1Cl. The van der Waals surface area contributed by atoms with Gasteiger partial charge in [-0.1, -0.05) is 59.3 Å². The fourth-order valence-electron chi connectivity index (χ4n) is 3.01. The van der Waals surface area contributed by atoms with Crippen LogP contribution in [0, 0.1) is 0 Å². The topological polar surface area (TPSA) is 43.8 Å². The molecule has 1 fully saturated rings. The van der Waals surface area contributed by atoms with Crippen LogP contribution in [-0.4, -0.2) is 9.78 Å². The van der Waals surface area contributed by atoms with E-state index in [1.165, 1.54) is 38.5 Å². The second-order valence-electron chi connectivity index (χ2n) is 5.68. The molecule has 1 aliphatic rings. The van der Waals surface area contributed by atoms with Crippen molar-refractivity contribution in [2.45, 2.75) is 44.6 Å². The van der Waals surface area contributed by atoms with E-state index in [0.29, 0.717) is 16.8 Å². The fraction of sp³-hybridized carbons (Fsp3) is 0.438. The Kier molecular flexibility index (Phi) is 4.55. The van der Waals surface area contributed by atoms with E-state index in [9.17, 15) is 0 Å². The molecule has 5 heteroatoms. The van der Waals surface area contributed by atoms with Gasteiger partial charge in [0, 0.05) is 16.2 Å². The molecule has 1 aromatic carbocycles. The molecule has 1 aromatic heterocycles. The normalized spacial score (nSPS) is 16.9. The van der Waals surface area contributed by atoms with Crippen molar-refractivity contribution < 1.29 is 0 Å². The molecule has 2 aromatic rings. The maximum absolute atomic E-state index is 6.32. The molecule has 0 spiro atoms. The summed E-state index contributed by atoms with van der Waals surface area (Å²) in [6, 6.07) is 6.27. The van der Waals surface area contributed by atoms with Crippen molar-refractivity contribution in [1.29, 1.82) is 0 Å². The predicted molar refractivity (Wildman–Crippen MR) is 91.5 cm³/mol. The van der Waals surface area contributed by atoms with Crippen LogP contribution in [0.25, 0.3) is 11.3 Å². The van der Waals surface area contributed by atoms with Crippen LogP contribution < -0.4 is 5.73 Å². The van der Waals surface area contributed by atoms with Crippen molar-refractivity contribution >= 4 is 33.2 Å². The number of aromatic nitrogens is 2. The zero-order chi connectivity index (χ0) is 14.8. The van der Waals surface area contributed by atoms with E-state index in [4.69, 9.17) is 22.4 Å². The quantitative estimate of drug-likeness (QED) is 0.717. The van der Waals surface area contributed by atoms with Crippen LogP contribution in [0.4, 0.5) is 5.69 Å². The lowest BCUT2D eigenvalue weighted by molar-refractivity contribution is 0.406. The highest BCUT2D eigenvalue weighted by Gasteiger charge is 2.18. The number of hydrogen-bond acceptors (Lipinski definition) is 2. The molecule has 1 heterocycles. The molecule has 0 atom stereocenters. The van der Waals surface area contributed by atoms with Crippen molar-refractivity contribution in [3.8, 4) is 11.3 Å². The number of halogens is 2. The highest BCUT2D eigenvalue weighted by molar-refractivity contribution is 9.10. The van der Waals surface area contributed by atoms with Crippen molar-refractivity contribution in [2.75, 3.05) is 5.73 Å². The third-order valence-corrected chi connectivity index (χ3v) is 4.95. The van der Waals surface area contributed by atoms with Crippen LogP contribution in [0.2, 0.25) is 5.02 Å². The molecule has 0 aliphatic heterocycles. The molecule has 0 radical (unpaired) electrons. The molecular weight excluding hydrogens is 350 g/mol. The average molecular weight is 369 g/mol. The fourth-order valence-corrected chi connectivity index (χ4v) is 3.77. The van der Waals surface area contributed by atoms with Gasteiger partial charge in [-0.2, -0.15) is 5.10 Å². The van der Waals surface area contributed by atoms with Crippen LogP contribution in [-0.2, 0) is 0 Å². The van der Waals surface area contributed by atoms with Crippen molar-refractivity contribution in [3.05, 3.63) is 33.9 Å². The molecule has 21 heavy (non-hydrogen) atoms. The van der Waals surface area contributed by atoms with Crippen molar-refractivity contribution in [3.63, 3.8) is 0 Å². The Hall–Kier alpha value is -1.000. The first-order valence-corrected chi connectivity index (χ1v) is 8.62. The number of nitrogen functional groups attached to an aromatic ring is 1. The molecule has 3 rings (SSSR count). The van der Waals surface area contributed by atoms with E-state index in [1.807, 2.05) is 29.1 Å². The van der Waals surface area contributed by atoms with Crippen LogP contribution in [0.5, 0.6) is 0 Å². The van der Waals surface area contributed by atoms with Crippen molar-refractivity contribution in [1.82, 2.24) is 9.78 Å². The molecular formula is C16H19BrClN3. The van der Waals surface area contributed by atoms with Gasteiger partial charge in [0.25, 0.3) is 0 Å². The first-order valence-electron chi connectivity index (χ1n) is 7.45. The second kappa shape index (κ2) is 6.41. The minimum Gasteiger partial charge on any atom is -0.396 e. The molecule has 0 amide bonds. The second-order valence-corrected chi connectivity index (χ2v) is 7.01. The predicted octanol–water partition coefficient (Wildman–Crippen LogP) is 5.44. The third kappa shape index (κ3) is 3.27. The molecule has 0 bridgehead atoms. The van der Waals surface area contributed by atoms with Gasteiger partial charge in [0.15, 0.2) is 0 Å². The summed E-state index contributed by atoms with van der Waals surface area (Å²) in [5.74, 6) is 0. The van der Waals surface area contributed by atoms with Gasteiger partial charge in [-0.25, -0.2) is 0 Å². The van der Waals surface area contributed by atoms with E-state index in [-0.39, 0.29) is 0 Å². The Balaban J connectivity index is 1.93. The van der Waals surface area contributed by atoms with E-state index < -0.39 is 0 Å². The minimum absolute atomic E-state index is 0.470. The molecule has 2 N–H and O–H groups in total. The zero-order valence-electron chi connectivity index (χ0n) is 11.9. The number of nitrogens with two attached hydrogens (primary N) is 1. The summed E-state index contributed by atoms with van der Waals surface area (Å²) in [5, 5.41) is 5.40. The lowest BCUT2D eigenvalue weighted by Gasteiger charge is -2.14. The highest BCUT2D eigenvalue weighted by atomic mass is 79.9. The van der Waals surface area contributed by atoms with Gasteiger partial charge in [-0.3, -0.25) is 4.68 Å². The maximum Gasteiger partial charge on any atom is 0.117 e. The molecule has 0 saturated heterocycles. The average Bonchev–Trinajstić information content (AvgIpc) is 2.67. The van der Waals surface area contributed by atoms with E-state index in [1.54, 1.807) is 0 Å². The minimum atomic E-state index is 0.470. The van der Waals surface area contributed by atoms with Crippen LogP contribution in [0.3, 0.4) is 0 Å². The molecule has 1 aliphatic carbocycles. The number of anilines is 1. The number of rotatable bonds is 2. The molecule has 3 nitrogen and oxygen atoms in total. The zero-order valence-corrected chi connectivity index (χ0v) is 14.2. The Labute approximate surface area is 138 Å². The largest absolute Gasteiger partial charge is 0.396 e. The van der Waals surface area contributed by atoms with E-state index in [0.717, 1.165) is 15.7 Å². The first-order chi connectivity index (χ1) is 10.1. The van der Waals surface area contributed by atoms with Crippen LogP contribution >= 0.6 is 27.5 Å². The summed E-state index contributed by atoms with van der Waals surface area (Å²) in [4.78, 5) is 0. The molecule has 0 unspecified atom stereocenters. The number of benzene rings is 1. The van der Waals surface area contributed by atoms with Crippen LogP contribution in [0.1, 0.15) is 44.6 Å². The highest BCUT2D eigenvalue weighted by Crippen LogP contribution is 2.35. The van der Waals surface area contributed by atoms with Gasteiger partial charge in [-0.05, 0) is 25.0 Å². The number of nitrogens with zero attached hydrogens (tertiary/aromatic N) is 2. The molecule has 112 valence electrons. The summed E-state index contributed by atoms with van der Waals surface area (Å²) in [7, 11) is 0. The molecule has 1 saturated carbocycles. The van der Waals surface area contributed by atoms with Gasteiger partial charge in [0.1, 0.15) is 5.69 Å². The lowest BCUT2D eigenvalue weighted by Crippen LogP contribution is -2.08. The summed E-state index contributed by atoms with van der Waals surface area (Å²) in [6.45, 7) is 0. The van der Waals surface area contributed by atoms with Crippen LogP contribution in [0.15, 0.2) is 28.9 Å². The van der Waals surface area contributed by atoms with Crippen molar-refractivity contribution in [2.24, 2.45) is 0 Å². The monoisotopic (exact) mass is 367 g/mol. The Morgan fingerprint density at radius 2 is 1.90 bits per heavy atom. The van der Waals surface area contributed by atoms with E-state index >= 15 is 0 Å². The van der Waals surface area contributed by atoms with Gasteiger partial charge in [0.05, 0.1) is 16.8 Å². The van der Waals surface area contributed by atoms with Gasteiger partial charge in [0.2, 0.25) is 0 Å². The first kappa shape index (κ1) is 14.9. The lowest BCUT2D eigenvalue weighted by atomic mass is 10.1. The summed E-state index contributed by atoms with van der Waals surface area (Å²) in [6.07, 6.45) is 9.56. The summed E-state index contributed by atoms with van der Waals surface area (Å²) >= 11 is 9.74. The Bertz CT molecular complexity index is 630. The standard InChI is InChI=1S/C16H19BrClN3/c17-11-7-8-13(14(18)9-11)16-15(19)10-21(20-16)12-5-3-1-2-4-6-12/h7-10,12H,1-6,19H2. The van der Waals surface area contributed by atoms with Gasteiger partial charge < -0.3 is 5.73 Å². The Morgan fingerprint density at radius 3 is 2.57 bits per heavy atom. The third-order valence-electron chi connectivity index (χ3n) is 4.15. The van der Waals surface area contributed by atoms with E-state index in [2.05, 4.69) is 15.9 Å².